The van der Waals surface area contributed by atoms with Crippen molar-refractivity contribution in [2.45, 2.75) is 20.0 Å². The normalized spacial score (nSPS) is 10.5. The van der Waals surface area contributed by atoms with Gasteiger partial charge in [-0.15, -0.1) is 0 Å². The third kappa shape index (κ3) is 1.92. The second kappa shape index (κ2) is 4.28. The van der Waals surface area contributed by atoms with Gasteiger partial charge in [-0.3, -0.25) is 0 Å². The van der Waals surface area contributed by atoms with Crippen LogP contribution in [0.2, 0.25) is 0 Å². The maximum atomic E-state index is 8.94. The van der Waals surface area contributed by atoms with Crippen LogP contribution in [0, 0.1) is 0 Å². The second-order valence-electron chi connectivity index (χ2n) is 3.44. The molecular formula is C12H14N2O. The van der Waals surface area contributed by atoms with Gasteiger partial charge < -0.3 is 10.1 Å². The highest BCUT2D eigenvalue weighted by Gasteiger charge is 2.05. The van der Waals surface area contributed by atoms with Crippen LogP contribution in [0.5, 0.6) is 0 Å². The SMILES string of the molecule is CCc1[nH]cnc1-c1ccc(CO)cc1. The van der Waals surface area contributed by atoms with Gasteiger partial charge in [0.05, 0.1) is 18.6 Å². The van der Waals surface area contributed by atoms with Crippen molar-refractivity contribution in [3.05, 3.63) is 41.9 Å². The largest absolute Gasteiger partial charge is 0.392 e. The molecule has 1 aromatic heterocycles. The highest BCUT2D eigenvalue weighted by Crippen LogP contribution is 2.21. The first-order chi connectivity index (χ1) is 7.35. The van der Waals surface area contributed by atoms with E-state index in [1.807, 2.05) is 24.3 Å². The van der Waals surface area contributed by atoms with Crippen LogP contribution in [-0.2, 0) is 13.0 Å². The van der Waals surface area contributed by atoms with Crippen LogP contribution in [0.25, 0.3) is 11.3 Å². The minimum absolute atomic E-state index is 0.0848. The van der Waals surface area contributed by atoms with E-state index in [1.54, 1.807) is 6.33 Å². The van der Waals surface area contributed by atoms with E-state index in [0.717, 1.165) is 28.9 Å². The zero-order chi connectivity index (χ0) is 10.7. The molecule has 0 spiro atoms. The number of H-pyrrole nitrogens is 1. The fraction of sp³-hybridized carbons (Fsp3) is 0.250. The molecule has 3 heteroatoms. The first-order valence-corrected chi connectivity index (χ1v) is 5.07. The number of aliphatic hydroxyl groups is 1. The number of rotatable bonds is 3. The molecule has 0 bridgehead atoms. The van der Waals surface area contributed by atoms with Gasteiger partial charge in [-0.05, 0) is 12.0 Å². The molecule has 0 aliphatic rings. The van der Waals surface area contributed by atoms with Gasteiger partial charge in [0.15, 0.2) is 0 Å². The van der Waals surface area contributed by atoms with E-state index in [1.165, 1.54) is 0 Å². The standard InChI is InChI=1S/C12H14N2O/c1-2-11-12(14-8-13-11)10-5-3-9(7-15)4-6-10/h3-6,8,15H,2,7H2,1H3,(H,13,14). The van der Waals surface area contributed by atoms with Crippen molar-refractivity contribution >= 4 is 0 Å². The molecule has 0 atom stereocenters. The monoisotopic (exact) mass is 202 g/mol. The maximum Gasteiger partial charge on any atom is 0.0929 e. The summed E-state index contributed by atoms with van der Waals surface area (Å²) in [6.45, 7) is 2.18. The van der Waals surface area contributed by atoms with Crippen molar-refractivity contribution in [3.8, 4) is 11.3 Å². The lowest BCUT2D eigenvalue weighted by atomic mass is 10.1. The summed E-state index contributed by atoms with van der Waals surface area (Å²) in [5.74, 6) is 0. The highest BCUT2D eigenvalue weighted by molar-refractivity contribution is 5.61. The van der Waals surface area contributed by atoms with Crippen LogP contribution in [-0.4, -0.2) is 15.1 Å². The second-order valence-corrected chi connectivity index (χ2v) is 3.44. The molecule has 1 aromatic carbocycles. The zero-order valence-corrected chi connectivity index (χ0v) is 8.70. The third-order valence-corrected chi connectivity index (χ3v) is 2.48. The molecule has 0 aliphatic heterocycles. The Morgan fingerprint density at radius 2 is 2.00 bits per heavy atom. The molecule has 15 heavy (non-hydrogen) atoms. The smallest absolute Gasteiger partial charge is 0.0929 e. The lowest BCUT2D eigenvalue weighted by molar-refractivity contribution is 0.282. The number of benzene rings is 1. The Balaban J connectivity index is 2.37. The van der Waals surface area contributed by atoms with E-state index in [2.05, 4.69) is 16.9 Å². The average molecular weight is 202 g/mol. The molecule has 2 aromatic rings. The van der Waals surface area contributed by atoms with E-state index in [9.17, 15) is 0 Å². The van der Waals surface area contributed by atoms with Crippen LogP contribution in [0.15, 0.2) is 30.6 Å². The fourth-order valence-electron chi connectivity index (χ4n) is 1.61. The molecule has 3 nitrogen and oxygen atoms in total. The van der Waals surface area contributed by atoms with Gasteiger partial charge in [0.2, 0.25) is 0 Å². The Hall–Kier alpha value is -1.61. The molecule has 0 aliphatic carbocycles. The Labute approximate surface area is 88.8 Å². The van der Waals surface area contributed by atoms with Gasteiger partial charge in [0.1, 0.15) is 0 Å². The Morgan fingerprint density at radius 3 is 2.60 bits per heavy atom. The summed E-state index contributed by atoms with van der Waals surface area (Å²) >= 11 is 0. The number of nitrogens with zero attached hydrogens (tertiary/aromatic N) is 1. The summed E-state index contributed by atoms with van der Waals surface area (Å²) in [7, 11) is 0. The molecule has 78 valence electrons. The summed E-state index contributed by atoms with van der Waals surface area (Å²) in [5.41, 5.74) is 4.16. The Kier molecular flexibility index (Phi) is 2.83. The van der Waals surface area contributed by atoms with Crippen LogP contribution in [0.4, 0.5) is 0 Å². The summed E-state index contributed by atoms with van der Waals surface area (Å²) in [6.07, 6.45) is 2.66. The van der Waals surface area contributed by atoms with Gasteiger partial charge in [0, 0.05) is 11.3 Å². The number of aliphatic hydroxyl groups excluding tert-OH is 1. The van der Waals surface area contributed by atoms with Gasteiger partial charge in [-0.25, -0.2) is 4.98 Å². The van der Waals surface area contributed by atoms with E-state index in [4.69, 9.17) is 5.11 Å². The third-order valence-electron chi connectivity index (χ3n) is 2.48. The van der Waals surface area contributed by atoms with Crippen molar-refractivity contribution in [2.75, 3.05) is 0 Å². The van der Waals surface area contributed by atoms with Crippen molar-refractivity contribution < 1.29 is 5.11 Å². The van der Waals surface area contributed by atoms with Crippen molar-refractivity contribution in [1.29, 1.82) is 0 Å². The molecule has 0 saturated carbocycles. The number of hydrogen-bond donors (Lipinski definition) is 2. The molecule has 0 amide bonds. The number of aryl methyl sites for hydroxylation is 1. The van der Waals surface area contributed by atoms with Crippen molar-refractivity contribution in [2.24, 2.45) is 0 Å². The van der Waals surface area contributed by atoms with Crippen molar-refractivity contribution in [3.63, 3.8) is 0 Å². The van der Waals surface area contributed by atoms with E-state index in [0.29, 0.717) is 0 Å². The Morgan fingerprint density at radius 1 is 1.27 bits per heavy atom. The number of nitrogens with one attached hydrogen (secondary N) is 1. The first kappa shape index (κ1) is 9.93. The number of aromatic nitrogens is 2. The summed E-state index contributed by atoms with van der Waals surface area (Å²) in [5, 5.41) is 8.94. The first-order valence-electron chi connectivity index (χ1n) is 5.07. The molecule has 1 heterocycles. The van der Waals surface area contributed by atoms with Gasteiger partial charge in [0.25, 0.3) is 0 Å². The molecule has 0 unspecified atom stereocenters. The lowest BCUT2D eigenvalue weighted by Crippen LogP contribution is -1.87. The highest BCUT2D eigenvalue weighted by atomic mass is 16.3. The van der Waals surface area contributed by atoms with Gasteiger partial charge in [-0.1, -0.05) is 31.2 Å². The van der Waals surface area contributed by atoms with Crippen molar-refractivity contribution in [1.82, 2.24) is 9.97 Å². The average Bonchev–Trinajstić information content (AvgIpc) is 2.77. The maximum absolute atomic E-state index is 8.94. The van der Waals surface area contributed by atoms with Crippen LogP contribution in [0.1, 0.15) is 18.2 Å². The molecular weight excluding hydrogens is 188 g/mol. The quantitative estimate of drug-likeness (QED) is 0.801. The fourth-order valence-corrected chi connectivity index (χ4v) is 1.61. The zero-order valence-electron chi connectivity index (χ0n) is 8.70. The van der Waals surface area contributed by atoms with E-state index >= 15 is 0 Å². The number of aromatic amines is 1. The summed E-state index contributed by atoms with van der Waals surface area (Å²) < 4.78 is 0. The van der Waals surface area contributed by atoms with E-state index < -0.39 is 0 Å². The summed E-state index contributed by atoms with van der Waals surface area (Å²) in [4.78, 5) is 7.42. The van der Waals surface area contributed by atoms with Crippen LogP contribution >= 0.6 is 0 Å². The molecule has 0 saturated heterocycles. The topological polar surface area (TPSA) is 48.9 Å². The lowest BCUT2D eigenvalue weighted by Gasteiger charge is -2.01. The molecule has 0 radical (unpaired) electrons. The molecule has 0 fully saturated rings. The molecule has 2 rings (SSSR count). The van der Waals surface area contributed by atoms with Crippen LogP contribution in [0.3, 0.4) is 0 Å². The minimum atomic E-state index is 0.0848. The number of imidazole rings is 1. The predicted molar refractivity (Wildman–Crippen MR) is 59.3 cm³/mol. The predicted octanol–water partition coefficient (Wildman–Crippen LogP) is 2.13. The van der Waals surface area contributed by atoms with Gasteiger partial charge >= 0.3 is 0 Å². The Bertz CT molecular complexity index is 431. The van der Waals surface area contributed by atoms with Crippen LogP contribution < -0.4 is 0 Å². The minimum Gasteiger partial charge on any atom is -0.392 e. The van der Waals surface area contributed by atoms with E-state index in [-0.39, 0.29) is 6.61 Å². The van der Waals surface area contributed by atoms with Gasteiger partial charge in [-0.2, -0.15) is 0 Å². The number of hydrogen-bond acceptors (Lipinski definition) is 2. The summed E-state index contributed by atoms with van der Waals surface area (Å²) in [6, 6.07) is 7.81. The molecule has 2 N–H and O–H groups in total.